The van der Waals surface area contributed by atoms with Gasteiger partial charge in [-0.1, -0.05) is 0 Å². The number of methoxy groups -OCH3 is 1. The van der Waals surface area contributed by atoms with Crippen molar-refractivity contribution in [1.29, 1.82) is 0 Å². The van der Waals surface area contributed by atoms with Crippen molar-refractivity contribution in [1.82, 2.24) is 0 Å². The van der Waals surface area contributed by atoms with Crippen LogP contribution in [0.4, 0.5) is 0 Å². The molecule has 2 aliphatic rings. The maximum absolute atomic E-state index is 9.80. The van der Waals surface area contributed by atoms with Gasteiger partial charge in [0.05, 0.1) is 6.61 Å². The molecule has 2 N–H and O–H groups in total. The van der Waals surface area contributed by atoms with E-state index in [9.17, 15) is 10.2 Å². The number of hydrogen-bond donors (Lipinski definition) is 2. The lowest BCUT2D eigenvalue weighted by molar-refractivity contribution is -0.352. The Balaban J connectivity index is 2.07. The average molecular weight is 220 g/mol. The first-order valence-corrected chi connectivity index (χ1v) is 4.95. The molecule has 0 aromatic heterocycles. The molecule has 2 rings (SSSR count). The Hall–Kier alpha value is -0.240. The summed E-state index contributed by atoms with van der Waals surface area (Å²) >= 11 is 0. The van der Waals surface area contributed by atoms with Crippen LogP contribution >= 0.6 is 0 Å². The minimum Gasteiger partial charge on any atom is -0.387 e. The predicted molar refractivity (Wildman–Crippen MR) is 48.0 cm³/mol. The van der Waals surface area contributed by atoms with E-state index in [0.717, 1.165) is 0 Å². The molecule has 0 saturated carbocycles. The molecule has 6 atom stereocenters. The Kier molecular flexibility index (Phi) is 3.24. The third-order valence-corrected chi connectivity index (χ3v) is 2.72. The number of ether oxygens (including phenoxy) is 4. The fourth-order valence-corrected chi connectivity index (χ4v) is 1.89. The Morgan fingerprint density at radius 2 is 1.93 bits per heavy atom. The van der Waals surface area contributed by atoms with Gasteiger partial charge < -0.3 is 29.2 Å². The summed E-state index contributed by atoms with van der Waals surface area (Å²) in [7, 11) is 1.41. The summed E-state index contributed by atoms with van der Waals surface area (Å²) in [5, 5.41) is 19.4. The van der Waals surface area contributed by atoms with E-state index in [2.05, 4.69) is 0 Å². The van der Waals surface area contributed by atoms with Crippen LogP contribution in [0.25, 0.3) is 0 Å². The molecule has 1 unspecified atom stereocenters. The van der Waals surface area contributed by atoms with E-state index in [1.807, 2.05) is 0 Å². The summed E-state index contributed by atoms with van der Waals surface area (Å²) in [5.74, 6) is 0. The standard InChI is InChI=1S/C9H16O6/c1-4-13-3-5-8(14-4)6(10)7(11)9(12-2)15-5/h4-11H,3H2,1-2H3/t4?,5-,6-,7-,8-,9-/m1/s1. The molecular formula is C9H16O6. The van der Waals surface area contributed by atoms with Crippen LogP contribution in [-0.4, -0.2) is 60.9 Å². The predicted octanol–water partition coefficient (Wildman–Crippen LogP) is -1.16. The van der Waals surface area contributed by atoms with Gasteiger partial charge in [-0.15, -0.1) is 0 Å². The molecule has 15 heavy (non-hydrogen) atoms. The van der Waals surface area contributed by atoms with Gasteiger partial charge in [-0.25, -0.2) is 0 Å². The normalized spacial score (nSPS) is 51.2. The summed E-state index contributed by atoms with van der Waals surface area (Å²) in [6, 6.07) is 0. The summed E-state index contributed by atoms with van der Waals surface area (Å²) < 4.78 is 20.9. The Morgan fingerprint density at radius 3 is 2.60 bits per heavy atom. The monoisotopic (exact) mass is 220 g/mol. The molecule has 2 fully saturated rings. The van der Waals surface area contributed by atoms with E-state index in [1.165, 1.54) is 7.11 Å². The van der Waals surface area contributed by atoms with Crippen molar-refractivity contribution in [2.75, 3.05) is 13.7 Å². The molecule has 0 amide bonds. The van der Waals surface area contributed by atoms with Crippen LogP contribution < -0.4 is 0 Å². The van der Waals surface area contributed by atoms with Crippen molar-refractivity contribution in [3.63, 3.8) is 0 Å². The topological polar surface area (TPSA) is 77.4 Å². The van der Waals surface area contributed by atoms with E-state index in [-0.39, 0.29) is 0 Å². The van der Waals surface area contributed by atoms with Crippen molar-refractivity contribution in [2.45, 2.75) is 43.9 Å². The first kappa shape index (κ1) is 11.3. The van der Waals surface area contributed by atoms with Gasteiger partial charge >= 0.3 is 0 Å². The molecule has 0 aliphatic carbocycles. The fraction of sp³-hybridized carbons (Fsp3) is 1.00. The molecule has 0 bridgehead atoms. The molecule has 0 aromatic rings. The van der Waals surface area contributed by atoms with Gasteiger partial charge in [0, 0.05) is 7.11 Å². The van der Waals surface area contributed by atoms with E-state index in [0.29, 0.717) is 6.61 Å². The van der Waals surface area contributed by atoms with Crippen molar-refractivity contribution in [3.05, 3.63) is 0 Å². The number of fused-ring (bicyclic) bond motifs is 1. The SMILES string of the molecule is CO[C@@H]1O[C@@H]2COC(C)O[C@H]2[C@H](O)[C@H]1O. The first-order valence-electron chi connectivity index (χ1n) is 4.95. The molecule has 0 aromatic carbocycles. The van der Waals surface area contributed by atoms with E-state index in [1.54, 1.807) is 6.92 Å². The van der Waals surface area contributed by atoms with Crippen LogP contribution in [0.3, 0.4) is 0 Å². The van der Waals surface area contributed by atoms with E-state index in [4.69, 9.17) is 18.9 Å². The van der Waals surface area contributed by atoms with Gasteiger partial charge in [0.25, 0.3) is 0 Å². The maximum atomic E-state index is 9.80. The number of hydrogen-bond acceptors (Lipinski definition) is 6. The Bertz CT molecular complexity index is 221. The highest BCUT2D eigenvalue weighted by molar-refractivity contribution is 4.91. The maximum Gasteiger partial charge on any atom is 0.186 e. The Labute approximate surface area is 87.7 Å². The molecule has 2 saturated heterocycles. The smallest absolute Gasteiger partial charge is 0.186 e. The second-order valence-corrected chi connectivity index (χ2v) is 3.76. The molecule has 6 nitrogen and oxygen atoms in total. The first-order chi connectivity index (χ1) is 7.13. The zero-order valence-corrected chi connectivity index (χ0v) is 8.70. The third kappa shape index (κ3) is 2.01. The molecule has 88 valence electrons. The second kappa shape index (κ2) is 4.32. The van der Waals surface area contributed by atoms with E-state index >= 15 is 0 Å². The van der Waals surface area contributed by atoms with Gasteiger partial charge in [-0.05, 0) is 6.92 Å². The van der Waals surface area contributed by atoms with Crippen LogP contribution in [0.2, 0.25) is 0 Å². The lowest BCUT2D eigenvalue weighted by Gasteiger charge is -2.45. The zero-order chi connectivity index (χ0) is 11.0. The molecule has 0 spiro atoms. The van der Waals surface area contributed by atoms with Gasteiger partial charge in [-0.2, -0.15) is 0 Å². The number of aliphatic hydroxyl groups is 2. The van der Waals surface area contributed by atoms with Gasteiger partial charge in [-0.3, -0.25) is 0 Å². The highest BCUT2D eigenvalue weighted by atomic mass is 16.7. The van der Waals surface area contributed by atoms with Crippen LogP contribution in [0.1, 0.15) is 6.92 Å². The fourth-order valence-electron chi connectivity index (χ4n) is 1.89. The summed E-state index contributed by atoms with van der Waals surface area (Å²) in [5.41, 5.74) is 0. The minimum absolute atomic E-state index is 0.329. The number of aliphatic hydroxyl groups excluding tert-OH is 2. The van der Waals surface area contributed by atoms with Crippen molar-refractivity contribution in [3.8, 4) is 0 Å². The van der Waals surface area contributed by atoms with Gasteiger partial charge in [0.1, 0.15) is 24.4 Å². The van der Waals surface area contributed by atoms with Crippen LogP contribution in [0.15, 0.2) is 0 Å². The molecule has 2 heterocycles. The lowest BCUT2D eigenvalue weighted by atomic mass is 9.98. The summed E-state index contributed by atoms with van der Waals surface area (Å²) in [4.78, 5) is 0. The largest absolute Gasteiger partial charge is 0.387 e. The minimum atomic E-state index is -1.10. The quantitative estimate of drug-likeness (QED) is 0.580. The van der Waals surface area contributed by atoms with Crippen LogP contribution in [0.5, 0.6) is 0 Å². The van der Waals surface area contributed by atoms with Gasteiger partial charge in [0.2, 0.25) is 0 Å². The van der Waals surface area contributed by atoms with Crippen LogP contribution in [-0.2, 0) is 18.9 Å². The highest BCUT2D eigenvalue weighted by Crippen LogP contribution is 2.28. The second-order valence-electron chi connectivity index (χ2n) is 3.76. The number of rotatable bonds is 1. The molecule has 0 radical (unpaired) electrons. The molecule has 2 aliphatic heterocycles. The van der Waals surface area contributed by atoms with Crippen molar-refractivity contribution in [2.24, 2.45) is 0 Å². The van der Waals surface area contributed by atoms with Crippen LogP contribution in [0, 0.1) is 0 Å². The molecule has 6 heteroatoms. The Morgan fingerprint density at radius 1 is 1.20 bits per heavy atom. The molecular weight excluding hydrogens is 204 g/mol. The third-order valence-electron chi connectivity index (χ3n) is 2.72. The average Bonchev–Trinajstić information content (AvgIpc) is 2.24. The lowest BCUT2D eigenvalue weighted by Crippen LogP contribution is -2.62. The summed E-state index contributed by atoms with van der Waals surface area (Å²) in [6.45, 7) is 2.06. The van der Waals surface area contributed by atoms with Crippen molar-refractivity contribution < 1.29 is 29.2 Å². The van der Waals surface area contributed by atoms with E-state index < -0.39 is 37.0 Å². The summed E-state index contributed by atoms with van der Waals surface area (Å²) in [6.07, 6.45) is -4.29. The highest BCUT2D eigenvalue weighted by Gasteiger charge is 2.48. The zero-order valence-electron chi connectivity index (χ0n) is 8.70. The van der Waals surface area contributed by atoms with Crippen molar-refractivity contribution >= 4 is 0 Å². The van der Waals surface area contributed by atoms with Gasteiger partial charge in [0.15, 0.2) is 12.6 Å².